The number of methoxy groups -OCH3 is 1. The average Bonchev–Trinajstić information content (AvgIpc) is 2.79. The Bertz CT molecular complexity index is 399. The summed E-state index contributed by atoms with van der Waals surface area (Å²) in [7, 11) is 1.42. The van der Waals surface area contributed by atoms with Crippen molar-refractivity contribution >= 4 is 0 Å². The van der Waals surface area contributed by atoms with Crippen LogP contribution in [0, 0.1) is 0 Å². The Kier molecular flexibility index (Phi) is 3.40. The second-order valence-electron chi connectivity index (χ2n) is 3.67. The summed E-state index contributed by atoms with van der Waals surface area (Å²) in [6.45, 7) is 1.53. The molecule has 0 aliphatic carbocycles. The third kappa shape index (κ3) is 2.33. The molecule has 0 amide bonds. The maximum absolute atomic E-state index is 11.4. The molecule has 1 saturated heterocycles. The number of hydrogen-bond donors (Lipinski definition) is 2. The highest BCUT2D eigenvalue weighted by molar-refractivity contribution is 5.29. The molecule has 1 aliphatic rings. The molecule has 0 saturated carbocycles. The van der Waals surface area contributed by atoms with E-state index >= 15 is 0 Å². The van der Waals surface area contributed by atoms with Crippen LogP contribution < -0.4 is 20.3 Å². The van der Waals surface area contributed by atoms with Gasteiger partial charge in [0, 0.05) is 6.04 Å². The van der Waals surface area contributed by atoms with Gasteiger partial charge in [0.1, 0.15) is 6.61 Å². The molecule has 0 aromatic carbocycles. The first kappa shape index (κ1) is 10.9. The van der Waals surface area contributed by atoms with Gasteiger partial charge >= 0.3 is 0 Å². The molecule has 6 nitrogen and oxygen atoms in total. The molecule has 0 spiro atoms. The lowest BCUT2D eigenvalue weighted by molar-refractivity contribution is 0.250. The van der Waals surface area contributed by atoms with Gasteiger partial charge in [-0.1, -0.05) is 0 Å². The minimum atomic E-state index is -0.327. The summed E-state index contributed by atoms with van der Waals surface area (Å²) in [5.74, 6) is 0.375. The number of aromatic nitrogens is 2. The minimum absolute atomic E-state index is 0.125. The monoisotopic (exact) mass is 225 g/mol. The zero-order valence-corrected chi connectivity index (χ0v) is 9.16. The molecule has 16 heavy (non-hydrogen) atoms. The number of ether oxygens (including phenoxy) is 2. The van der Waals surface area contributed by atoms with E-state index in [0.29, 0.717) is 12.6 Å². The van der Waals surface area contributed by atoms with E-state index < -0.39 is 0 Å². The Morgan fingerprint density at radius 2 is 2.50 bits per heavy atom. The number of nitrogens with one attached hydrogen (secondary N) is 2. The van der Waals surface area contributed by atoms with E-state index in [0.717, 1.165) is 19.4 Å². The van der Waals surface area contributed by atoms with Crippen molar-refractivity contribution in [2.24, 2.45) is 0 Å². The van der Waals surface area contributed by atoms with Gasteiger partial charge in [-0.15, -0.1) is 0 Å². The van der Waals surface area contributed by atoms with Crippen molar-refractivity contribution in [1.82, 2.24) is 15.3 Å². The Balaban J connectivity index is 2.02. The average molecular weight is 225 g/mol. The minimum Gasteiger partial charge on any atom is -0.487 e. The van der Waals surface area contributed by atoms with E-state index in [-0.39, 0.29) is 17.2 Å². The normalized spacial score (nSPS) is 19.7. The zero-order valence-electron chi connectivity index (χ0n) is 9.16. The smallest absolute Gasteiger partial charge is 0.297 e. The van der Waals surface area contributed by atoms with Crippen LogP contribution in [-0.2, 0) is 0 Å². The zero-order chi connectivity index (χ0) is 11.4. The molecule has 6 heteroatoms. The van der Waals surface area contributed by atoms with Gasteiger partial charge in [0.15, 0.2) is 0 Å². The van der Waals surface area contributed by atoms with Crippen LogP contribution in [0.15, 0.2) is 11.1 Å². The third-order valence-corrected chi connectivity index (χ3v) is 2.57. The number of nitrogens with zero attached hydrogens (tertiary/aromatic N) is 1. The lowest BCUT2D eigenvalue weighted by atomic mass is 10.2. The predicted octanol–water partition coefficient (Wildman–Crippen LogP) is -0.0907. The van der Waals surface area contributed by atoms with Crippen LogP contribution in [0.2, 0.25) is 0 Å². The third-order valence-electron chi connectivity index (χ3n) is 2.57. The van der Waals surface area contributed by atoms with Crippen LogP contribution in [0.3, 0.4) is 0 Å². The van der Waals surface area contributed by atoms with Gasteiger partial charge in [-0.25, -0.2) is 4.98 Å². The van der Waals surface area contributed by atoms with Crippen molar-refractivity contribution < 1.29 is 9.47 Å². The lowest BCUT2D eigenvalue weighted by Gasteiger charge is -2.12. The molecule has 1 atom stereocenters. The molecule has 2 heterocycles. The van der Waals surface area contributed by atoms with Crippen LogP contribution in [0.25, 0.3) is 0 Å². The van der Waals surface area contributed by atoms with Crippen molar-refractivity contribution in [3.8, 4) is 11.6 Å². The Morgan fingerprint density at radius 1 is 1.62 bits per heavy atom. The summed E-state index contributed by atoms with van der Waals surface area (Å²) in [6.07, 6.45) is 3.56. The number of aromatic amines is 1. The molecule has 1 fully saturated rings. The van der Waals surface area contributed by atoms with Crippen LogP contribution in [0.1, 0.15) is 12.8 Å². The molecule has 1 aliphatic heterocycles. The summed E-state index contributed by atoms with van der Waals surface area (Å²) in [4.78, 5) is 17.7. The molecule has 2 rings (SSSR count). The number of H-pyrrole nitrogens is 1. The number of hydrogen-bond acceptors (Lipinski definition) is 5. The quantitative estimate of drug-likeness (QED) is 0.749. The second kappa shape index (κ2) is 4.98. The lowest BCUT2D eigenvalue weighted by Crippen LogP contribution is -2.28. The van der Waals surface area contributed by atoms with Crippen LogP contribution in [0.5, 0.6) is 11.6 Å². The SMILES string of the molecule is COc1c(OCC2CCCN2)nc[nH]c1=O. The molecule has 1 aromatic rings. The fourth-order valence-electron chi connectivity index (χ4n) is 1.73. The maximum Gasteiger partial charge on any atom is 0.297 e. The molecular weight excluding hydrogens is 210 g/mol. The van der Waals surface area contributed by atoms with Crippen molar-refractivity contribution in [3.63, 3.8) is 0 Å². The standard InChI is InChI=1S/C10H15N3O3/c1-15-8-9(14)12-6-13-10(8)16-5-7-3-2-4-11-7/h6-7,11H,2-5H2,1H3,(H,12,13,14). The summed E-state index contributed by atoms with van der Waals surface area (Å²) in [5, 5.41) is 3.30. The summed E-state index contributed by atoms with van der Waals surface area (Å²) in [6, 6.07) is 0.339. The first-order chi connectivity index (χ1) is 7.81. The highest BCUT2D eigenvalue weighted by atomic mass is 16.5. The second-order valence-corrected chi connectivity index (χ2v) is 3.67. The predicted molar refractivity (Wildman–Crippen MR) is 57.9 cm³/mol. The van der Waals surface area contributed by atoms with Gasteiger partial charge in [-0.3, -0.25) is 4.79 Å². The van der Waals surface area contributed by atoms with E-state index in [4.69, 9.17) is 9.47 Å². The molecule has 0 radical (unpaired) electrons. The summed E-state index contributed by atoms with van der Waals surface area (Å²) in [5.41, 5.74) is -0.327. The van der Waals surface area contributed by atoms with Crippen LogP contribution in [0.4, 0.5) is 0 Å². The Hall–Kier alpha value is -1.56. The van der Waals surface area contributed by atoms with Crippen LogP contribution >= 0.6 is 0 Å². The first-order valence-electron chi connectivity index (χ1n) is 5.29. The van der Waals surface area contributed by atoms with E-state index in [9.17, 15) is 4.79 Å². The fourth-order valence-corrected chi connectivity index (χ4v) is 1.73. The van der Waals surface area contributed by atoms with Gasteiger partial charge in [-0.05, 0) is 19.4 Å². The van der Waals surface area contributed by atoms with Gasteiger partial charge in [0.05, 0.1) is 13.4 Å². The van der Waals surface area contributed by atoms with Crippen molar-refractivity contribution in [1.29, 1.82) is 0 Å². The fraction of sp³-hybridized carbons (Fsp3) is 0.600. The molecule has 0 bridgehead atoms. The van der Waals surface area contributed by atoms with E-state index in [2.05, 4.69) is 15.3 Å². The van der Waals surface area contributed by atoms with Gasteiger partial charge < -0.3 is 19.8 Å². The van der Waals surface area contributed by atoms with E-state index in [1.807, 2.05) is 0 Å². The van der Waals surface area contributed by atoms with Crippen molar-refractivity contribution in [3.05, 3.63) is 16.7 Å². The highest BCUT2D eigenvalue weighted by Crippen LogP contribution is 2.18. The largest absolute Gasteiger partial charge is 0.487 e. The van der Waals surface area contributed by atoms with Crippen molar-refractivity contribution in [2.45, 2.75) is 18.9 Å². The molecule has 88 valence electrons. The van der Waals surface area contributed by atoms with Gasteiger partial charge in [0.25, 0.3) is 11.4 Å². The van der Waals surface area contributed by atoms with Gasteiger partial charge in [0.2, 0.25) is 5.75 Å². The maximum atomic E-state index is 11.4. The van der Waals surface area contributed by atoms with Gasteiger partial charge in [-0.2, -0.15) is 0 Å². The van der Waals surface area contributed by atoms with E-state index in [1.54, 1.807) is 0 Å². The molecular formula is C10H15N3O3. The van der Waals surface area contributed by atoms with Crippen molar-refractivity contribution in [2.75, 3.05) is 20.3 Å². The Morgan fingerprint density at radius 3 is 3.19 bits per heavy atom. The summed E-state index contributed by atoms with van der Waals surface area (Å²) < 4.78 is 10.4. The number of rotatable bonds is 4. The first-order valence-corrected chi connectivity index (χ1v) is 5.29. The highest BCUT2D eigenvalue weighted by Gasteiger charge is 2.17. The Labute approximate surface area is 93.0 Å². The summed E-state index contributed by atoms with van der Waals surface area (Å²) >= 11 is 0. The van der Waals surface area contributed by atoms with E-state index in [1.165, 1.54) is 13.4 Å². The molecule has 1 unspecified atom stereocenters. The topological polar surface area (TPSA) is 76.2 Å². The molecule has 2 N–H and O–H groups in total. The van der Waals surface area contributed by atoms with Crippen LogP contribution in [-0.4, -0.2) is 36.3 Å². The molecule has 1 aromatic heterocycles.